The van der Waals surface area contributed by atoms with Crippen molar-refractivity contribution in [2.75, 3.05) is 0 Å². The van der Waals surface area contributed by atoms with Crippen LogP contribution in [0.3, 0.4) is 0 Å². The summed E-state index contributed by atoms with van der Waals surface area (Å²) in [6, 6.07) is 0. The monoisotopic (exact) mass is 152 g/mol. The second-order valence-corrected chi connectivity index (χ2v) is 4.74. The number of rotatable bonds is 1. The van der Waals surface area contributed by atoms with E-state index in [1.54, 1.807) is 0 Å². The Morgan fingerprint density at radius 3 is 2.36 bits per heavy atom. The van der Waals surface area contributed by atoms with Gasteiger partial charge in [-0.25, -0.2) is 0 Å². The van der Waals surface area contributed by atoms with Gasteiger partial charge in [0, 0.05) is 5.92 Å². The zero-order valence-corrected chi connectivity index (χ0v) is 7.34. The number of hydrogen-bond donors (Lipinski definition) is 0. The van der Waals surface area contributed by atoms with Crippen LogP contribution >= 0.6 is 0 Å². The van der Waals surface area contributed by atoms with Crippen LogP contribution in [0.4, 0.5) is 0 Å². The molecule has 2 aliphatic carbocycles. The van der Waals surface area contributed by atoms with Gasteiger partial charge in [0.15, 0.2) is 0 Å². The molecule has 0 radical (unpaired) electrons. The molecular weight excluding hydrogens is 136 g/mol. The molecule has 1 heteroatoms. The summed E-state index contributed by atoms with van der Waals surface area (Å²) < 4.78 is 0. The molecule has 3 unspecified atom stereocenters. The summed E-state index contributed by atoms with van der Waals surface area (Å²) in [5, 5.41) is 0. The minimum Gasteiger partial charge on any atom is -0.303 e. The summed E-state index contributed by atoms with van der Waals surface area (Å²) in [6.07, 6.45) is 5.01. The van der Waals surface area contributed by atoms with Crippen molar-refractivity contribution in [3.05, 3.63) is 0 Å². The van der Waals surface area contributed by atoms with E-state index in [9.17, 15) is 4.79 Å². The van der Waals surface area contributed by atoms with Gasteiger partial charge in [-0.05, 0) is 36.5 Å². The molecule has 2 fully saturated rings. The first-order valence-corrected chi connectivity index (χ1v) is 4.61. The lowest BCUT2D eigenvalue weighted by Crippen LogP contribution is -2.19. The number of hydrogen-bond acceptors (Lipinski definition) is 1. The molecule has 0 saturated heterocycles. The second kappa shape index (κ2) is 2.09. The third kappa shape index (κ3) is 0.800. The van der Waals surface area contributed by atoms with Gasteiger partial charge in [0.05, 0.1) is 0 Å². The van der Waals surface area contributed by atoms with Gasteiger partial charge in [-0.1, -0.05) is 13.8 Å². The smallest absolute Gasteiger partial charge is 0.123 e. The molecule has 0 heterocycles. The van der Waals surface area contributed by atoms with Crippen molar-refractivity contribution in [1.82, 2.24) is 0 Å². The molecule has 0 spiro atoms. The zero-order valence-electron chi connectivity index (χ0n) is 7.34. The molecule has 2 saturated carbocycles. The molecule has 0 N–H and O–H groups in total. The molecule has 0 amide bonds. The fraction of sp³-hybridized carbons (Fsp3) is 0.900. The van der Waals surface area contributed by atoms with Gasteiger partial charge in [-0.15, -0.1) is 0 Å². The van der Waals surface area contributed by atoms with Crippen LogP contribution in [0.25, 0.3) is 0 Å². The minimum absolute atomic E-state index is 0.392. The van der Waals surface area contributed by atoms with Crippen molar-refractivity contribution in [2.45, 2.75) is 33.1 Å². The van der Waals surface area contributed by atoms with E-state index in [4.69, 9.17) is 0 Å². The van der Waals surface area contributed by atoms with Crippen molar-refractivity contribution in [1.29, 1.82) is 0 Å². The summed E-state index contributed by atoms with van der Waals surface area (Å²) in [5.74, 6) is 1.93. The van der Waals surface area contributed by atoms with Crippen molar-refractivity contribution < 1.29 is 4.79 Å². The molecular formula is C10H16O. The molecule has 0 aromatic rings. The van der Waals surface area contributed by atoms with E-state index in [1.807, 2.05) is 0 Å². The summed E-state index contributed by atoms with van der Waals surface area (Å²) in [6.45, 7) is 4.66. The molecule has 2 aliphatic rings. The van der Waals surface area contributed by atoms with Crippen LogP contribution in [0, 0.1) is 23.2 Å². The Kier molecular flexibility index (Phi) is 1.39. The average molecular weight is 152 g/mol. The lowest BCUT2D eigenvalue weighted by atomic mass is 9.80. The molecule has 0 aromatic heterocycles. The maximum absolute atomic E-state index is 10.7. The van der Waals surface area contributed by atoms with E-state index in [0.29, 0.717) is 17.3 Å². The number of fused-ring (bicyclic) bond motifs is 2. The van der Waals surface area contributed by atoms with Crippen LogP contribution in [0.1, 0.15) is 33.1 Å². The van der Waals surface area contributed by atoms with E-state index >= 15 is 0 Å². The third-order valence-electron chi connectivity index (χ3n) is 4.08. The van der Waals surface area contributed by atoms with E-state index in [0.717, 1.165) is 5.92 Å². The first kappa shape index (κ1) is 7.33. The average Bonchev–Trinajstić information content (AvgIpc) is 2.40. The van der Waals surface area contributed by atoms with Crippen LogP contribution in [-0.2, 0) is 4.79 Å². The molecule has 11 heavy (non-hydrogen) atoms. The summed E-state index contributed by atoms with van der Waals surface area (Å²) in [4.78, 5) is 10.7. The normalized spacial score (nSPS) is 46.2. The van der Waals surface area contributed by atoms with Gasteiger partial charge in [0.25, 0.3) is 0 Å². The SMILES string of the molecule is CC1(C)C2CCC1C(C=O)C2. The quantitative estimate of drug-likeness (QED) is 0.527. The van der Waals surface area contributed by atoms with Crippen molar-refractivity contribution in [3.63, 3.8) is 0 Å². The van der Waals surface area contributed by atoms with E-state index in [2.05, 4.69) is 13.8 Å². The highest BCUT2D eigenvalue weighted by atomic mass is 16.1. The van der Waals surface area contributed by atoms with E-state index in [-0.39, 0.29) is 0 Å². The Labute approximate surface area is 68.2 Å². The third-order valence-corrected chi connectivity index (χ3v) is 4.08. The van der Waals surface area contributed by atoms with E-state index < -0.39 is 0 Å². The second-order valence-electron chi connectivity index (χ2n) is 4.74. The first-order chi connectivity index (χ1) is 5.16. The fourth-order valence-electron chi connectivity index (χ4n) is 3.26. The number of aldehydes is 1. The molecule has 1 nitrogen and oxygen atoms in total. The Morgan fingerprint density at radius 2 is 2.09 bits per heavy atom. The Morgan fingerprint density at radius 1 is 1.36 bits per heavy atom. The summed E-state index contributed by atoms with van der Waals surface area (Å²) >= 11 is 0. The maximum atomic E-state index is 10.7. The predicted molar refractivity (Wildman–Crippen MR) is 44.2 cm³/mol. The van der Waals surface area contributed by atoms with Crippen LogP contribution < -0.4 is 0 Å². The molecule has 2 rings (SSSR count). The fourth-order valence-corrected chi connectivity index (χ4v) is 3.26. The van der Waals surface area contributed by atoms with Gasteiger partial charge >= 0.3 is 0 Å². The highest BCUT2D eigenvalue weighted by molar-refractivity contribution is 5.55. The maximum Gasteiger partial charge on any atom is 0.123 e. The lowest BCUT2D eigenvalue weighted by Gasteiger charge is -2.24. The Balaban J connectivity index is 2.25. The Hall–Kier alpha value is -0.330. The van der Waals surface area contributed by atoms with E-state index in [1.165, 1.54) is 25.5 Å². The molecule has 2 bridgehead atoms. The minimum atomic E-state index is 0.392. The molecule has 3 atom stereocenters. The molecule has 0 aromatic carbocycles. The van der Waals surface area contributed by atoms with Crippen LogP contribution in [-0.4, -0.2) is 6.29 Å². The van der Waals surface area contributed by atoms with Gasteiger partial charge in [0.2, 0.25) is 0 Å². The number of carbonyl (C=O) groups is 1. The van der Waals surface area contributed by atoms with Crippen LogP contribution in [0.2, 0.25) is 0 Å². The van der Waals surface area contributed by atoms with Gasteiger partial charge in [-0.3, -0.25) is 0 Å². The number of carbonyl (C=O) groups excluding carboxylic acids is 1. The Bertz CT molecular complexity index is 183. The van der Waals surface area contributed by atoms with Gasteiger partial charge < -0.3 is 4.79 Å². The topological polar surface area (TPSA) is 17.1 Å². The van der Waals surface area contributed by atoms with Crippen LogP contribution in [0.15, 0.2) is 0 Å². The summed E-state index contributed by atoms with van der Waals surface area (Å²) in [7, 11) is 0. The van der Waals surface area contributed by atoms with Crippen molar-refractivity contribution >= 4 is 6.29 Å². The highest BCUT2D eigenvalue weighted by Crippen LogP contribution is 2.59. The summed E-state index contributed by atoms with van der Waals surface area (Å²) in [5.41, 5.74) is 0.464. The van der Waals surface area contributed by atoms with Crippen molar-refractivity contribution in [3.8, 4) is 0 Å². The lowest BCUT2D eigenvalue weighted by molar-refractivity contribution is -0.112. The van der Waals surface area contributed by atoms with Crippen molar-refractivity contribution in [2.24, 2.45) is 23.2 Å². The highest BCUT2D eigenvalue weighted by Gasteiger charge is 2.52. The molecule has 62 valence electrons. The van der Waals surface area contributed by atoms with Gasteiger partial charge in [-0.2, -0.15) is 0 Å². The zero-order chi connectivity index (χ0) is 8.06. The van der Waals surface area contributed by atoms with Crippen LogP contribution in [0.5, 0.6) is 0 Å². The van der Waals surface area contributed by atoms with Gasteiger partial charge in [0.1, 0.15) is 6.29 Å². The largest absolute Gasteiger partial charge is 0.303 e. The molecule has 0 aliphatic heterocycles. The first-order valence-electron chi connectivity index (χ1n) is 4.61. The predicted octanol–water partition coefficient (Wildman–Crippen LogP) is 2.26. The standard InChI is InChI=1S/C10H16O/c1-10(2)8-3-4-9(10)7(5-8)6-11/h6-9H,3-5H2,1-2H3.